The molecule has 0 radical (unpaired) electrons. The standard InChI is InChI=1S/C64H37N3O2/c1-2-15-38(16-3-1)39-31-33-40(34-32-39)61-65-62(48-23-13-29-56-58(48)47-20-7-11-28-54(47)68-56)67-63(66-61)49-24-14-30-57-59(49)50-37-41(35-36-55(50)69-57)42-21-12-22-46-45-19-6-10-27-53(45)64(60(42)46)51-25-8-4-17-43(51)44-18-5-9-26-52(44)64/h1-37H. The van der Waals surface area contributed by atoms with Crippen LogP contribution in [0.3, 0.4) is 0 Å². The summed E-state index contributed by atoms with van der Waals surface area (Å²) in [5, 5.41) is 3.92. The van der Waals surface area contributed by atoms with E-state index in [-0.39, 0.29) is 0 Å². The molecule has 0 atom stereocenters. The molecule has 0 aliphatic heterocycles. The summed E-state index contributed by atoms with van der Waals surface area (Å²) in [7, 11) is 0. The number of benzene rings is 10. The van der Waals surface area contributed by atoms with Gasteiger partial charge in [-0.3, -0.25) is 0 Å². The predicted octanol–water partition coefficient (Wildman–Crippen LogP) is 16.3. The second-order valence-corrected chi connectivity index (χ2v) is 18.1. The van der Waals surface area contributed by atoms with Gasteiger partial charge in [0.2, 0.25) is 0 Å². The molecule has 3 heterocycles. The molecule has 3 aromatic heterocycles. The molecule has 0 saturated carbocycles. The number of nitrogens with zero attached hydrogens (tertiary/aromatic N) is 3. The summed E-state index contributed by atoms with van der Waals surface area (Å²) in [4.78, 5) is 15.9. The van der Waals surface area contributed by atoms with Crippen LogP contribution in [-0.4, -0.2) is 15.0 Å². The van der Waals surface area contributed by atoms with E-state index in [1.165, 1.54) is 50.1 Å². The van der Waals surface area contributed by atoms with Crippen LogP contribution in [0.5, 0.6) is 0 Å². The molecule has 0 unspecified atom stereocenters. The van der Waals surface area contributed by atoms with E-state index in [1.54, 1.807) is 0 Å². The zero-order valence-corrected chi connectivity index (χ0v) is 37.0. The SMILES string of the molecule is c1ccc(-c2ccc(-c3nc(-c4cccc5oc6ccccc6c45)nc(-c4cccc5oc6ccc(-c7cccc8c7C7(c9ccccc9-c9ccccc97)c7ccccc7-8)cc6c45)n3)cc2)cc1. The van der Waals surface area contributed by atoms with Crippen molar-refractivity contribution in [3.63, 3.8) is 0 Å². The lowest BCUT2D eigenvalue weighted by Gasteiger charge is -2.32. The van der Waals surface area contributed by atoms with Gasteiger partial charge in [0, 0.05) is 38.2 Å². The molecule has 5 heteroatoms. The van der Waals surface area contributed by atoms with Crippen LogP contribution >= 0.6 is 0 Å². The van der Waals surface area contributed by atoms with Gasteiger partial charge < -0.3 is 8.83 Å². The maximum absolute atomic E-state index is 6.73. The highest BCUT2D eigenvalue weighted by atomic mass is 16.3. The van der Waals surface area contributed by atoms with Crippen LogP contribution in [0.1, 0.15) is 22.3 Å². The monoisotopic (exact) mass is 879 g/mol. The van der Waals surface area contributed by atoms with Gasteiger partial charge in [0.1, 0.15) is 22.3 Å². The Kier molecular flexibility index (Phi) is 7.93. The van der Waals surface area contributed by atoms with E-state index in [0.29, 0.717) is 17.5 Å². The Bertz CT molecular complexity index is 4200. The third-order valence-corrected chi connectivity index (χ3v) is 14.6. The van der Waals surface area contributed by atoms with Gasteiger partial charge in [0.25, 0.3) is 0 Å². The molecule has 69 heavy (non-hydrogen) atoms. The van der Waals surface area contributed by atoms with Crippen LogP contribution in [0.4, 0.5) is 0 Å². The van der Waals surface area contributed by atoms with Gasteiger partial charge in [0.05, 0.1) is 5.41 Å². The van der Waals surface area contributed by atoms with Crippen molar-refractivity contribution >= 4 is 43.9 Å². The third-order valence-electron chi connectivity index (χ3n) is 14.6. The van der Waals surface area contributed by atoms with E-state index in [2.05, 4.69) is 176 Å². The molecular formula is C64H37N3O2. The molecule has 0 bridgehead atoms. The Hall–Kier alpha value is -9.19. The maximum Gasteiger partial charge on any atom is 0.164 e. The first-order valence-electron chi connectivity index (χ1n) is 23.4. The Morgan fingerprint density at radius 2 is 0.710 bits per heavy atom. The lowest BCUT2D eigenvalue weighted by Crippen LogP contribution is -2.26. The van der Waals surface area contributed by atoms with Crippen molar-refractivity contribution in [3.05, 3.63) is 247 Å². The highest BCUT2D eigenvalue weighted by molar-refractivity contribution is 6.14. The summed E-state index contributed by atoms with van der Waals surface area (Å²) in [5.41, 5.74) is 20.2. The average Bonchev–Trinajstić information content (AvgIpc) is 4.16. The molecule has 0 fully saturated rings. The molecule has 1 spiro atoms. The average molecular weight is 880 g/mol. The molecule has 13 aromatic rings. The lowest BCUT2D eigenvalue weighted by atomic mass is 9.68. The summed E-state index contributed by atoms with van der Waals surface area (Å²) >= 11 is 0. The predicted molar refractivity (Wildman–Crippen MR) is 278 cm³/mol. The largest absolute Gasteiger partial charge is 0.456 e. The number of rotatable bonds is 5. The van der Waals surface area contributed by atoms with E-state index in [4.69, 9.17) is 23.8 Å². The third kappa shape index (κ3) is 5.38. The first-order valence-corrected chi connectivity index (χ1v) is 23.4. The molecule has 2 aliphatic rings. The van der Waals surface area contributed by atoms with Gasteiger partial charge in [0.15, 0.2) is 17.5 Å². The minimum Gasteiger partial charge on any atom is -0.456 e. The van der Waals surface area contributed by atoms with Crippen molar-refractivity contribution in [3.8, 4) is 78.7 Å². The number of furan rings is 2. The van der Waals surface area contributed by atoms with Crippen molar-refractivity contribution in [1.82, 2.24) is 15.0 Å². The smallest absolute Gasteiger partial charge is 0.164 e. The van der Waals surface area contributed by atoms with Crippen molar-refractivity contribution in [1.29, 1.82) is 0 Å². The lowest BCUT2D eigenvalue weighted by molar-refractivity contribution is 0.668. The summed E-state index contributed by atoms with van der Waals surface area (Å²) in [6.45, 7) is 0. The van der Waals surface area contributed by atoms with E-state index in [9.17, 15) is 0 Å². The minimum atomic E-state index is -0.492. The Morgan fingerprint density at radius 1 is 0.275 bits per heavy atom. The van der Waals surface area contributed by atoms with Crippen LogP contribution in [-0.2, 0) is 5.41 Å². The molecule has 320 valence electrons. The van der Waals surface area contributed by atoms with Crippen molar-refractivity contribution in [2.75, 3.05) is 0 Å². The maximum atomic E-state index is 6.73. The summed E-state index contributed by atoms with van der Waals surface area (Å²) in [5.74, 6) is 1.69. The normalized spacial score (nSPS) is 13.0. The molecule has 0 N–H and O–H groups in total. The number of para-hydroxylation sites is 1. The van der Waals surface area contributed by atoms with Gasteiger partial charge >= 0.3 is 0 Å². The van der Waals surface area contributed by atoms with E-state index in [1.807, 2.05) is 48.5 Å². The number of hydrogen-bond donors (Lipinski definition) is 0. The molecular weight excluding hydrogens is 843 g/mol. The Morgan fingerprint density at radius 3 is 1.38 bits per heavy atom. The summed E-state index contributed by atoms with van der Waals surface area (Å²) in [6.07, 6.45) is 0. The summed E-state index contributed by atoms with van der Waals surface area (Å²) < 4.78 is 13.1. The van der Waals surface area contributed by atoms with Gasteiger partial charge in [-0.15, -0.1) is 0 Å². The van der Waals surface area contributed by atoms with Crippen LogP contribution in [0.15, 0.2) is 233 Å². The zero-order valence-electron chi connectivity index (χ0n) is 37.0. The molecule has 10 aromatic carbocycles. The van der Waals surface area contributed by atoms with Crippen LogP contribution in [0.25, 0.3) is 123 Å². The number of hydrogen-bond acceptors (Lipinski definition) is 5. The minimum absolute atomic E-state index is 0.492. The van der Waals surface area contributed by atoms with Crippen LogP contribution in [0.2, 0.25) is 0 Å². The van der Waals surface area contributed by atoms with Gasteiger partial charge in [-0.05, 0) is 97.1 Å². The van der Waals surface area contributed by atoms with E-state index in [0.717, 1.165) is 77.3 Å². The van der Waals surface area contributed by atoms with Crippen molar-refractivity contribution < 1.29 is 8.83 Å². The molecule has 0 saturated heterocycles. The fourth-order valence-electron chi connectivity index (χ4n) is 11.7. The highest BCUT2D eigenvalue weighted by Gasteiger charge is 2.52. The highest BCUT2D eigenvalue weighted by Crippen LogP contribution is 2.64. The van der Waals surface area contributed by atoms with E-state index < -0.39 is 5.41 Å². The first-order chi connectivity index (χ1) is 34.2. The number of fused-ring (bicyclic) bond motifs is 16. The van der Waals surface area contributed by atoms with Gasteiger partial charge in [-0.2, -0.15) is 0 Å². The van der Waals surface area contributed by atoms with Crippen molar-refractivity contribution in [2.45, 2.75) is 5.41 Å². The zero-order chi connectivity index (χ0) is 45.2. The fraction of sp³-hybridized carbons (Fsp3) is 0.0156. The van der Waals surface area contributed by atoms with Crippen LogP contribution in [0, 0.1) is 0 Å². The second-order valence-electron chi connectivity index (χ2n) is 18.1. The summed E-state index contributed by atoms with van der Waals surface area (Å²) in [6, 6.07) is 79.7. The first kappa shape index (κ1) is 38.0. The van der Waals surface area contributed by atoms with E-state index >= 15 is 0 Å². The Labute approximate surface area is 396 Å². The van der Waals surface area contributed by atoms with Crippen molar-refractivity contribution in [2.24, 2.45) is 0 Å². The van der Waals surface area contributed by atoms with Gasteiger partial charge in [-0.25, -0.2) is 15.0 Å². The molecule has 5 nitrogen and oxygen atoms in total. The van der Waals surface area contributed by atoms with Gasteiger partial charge in [-0.1, -0.05) is 194 Å². The molecule has 0 amide bonds. The quantitative estimate of drug-likeness (QED) is 0.172. The molecule has 15 rings (SSSR count). The second kappa shape index (κ2) is 14.4. The molecule has 2 aliphatic carbocycles. The number of aromatic nitrogens is 3. The van der Waals surface area contributed by atoms with Crippen LogP contribution < -0.4 is 0 Å². The fourth-order valence-corrected chi connectivity index (χ4v) is 11.7. The Balaban J connectivity index is 0.955. The topological polar surface area (TPSA) is 65.0 Å².